The van der Waals surface area contributed by atoms with E-state index in [4.69, 9.17) is 28.1 Å². The molecule has 0 aromatic heterocycles. The summed E-state index contributed by atoms with van der Waals surface area (Å²) in [5, 5.41) is 0. The summed E-state index contributed by atoms with van der Waals surface area (Å²) in [4.78, 5) is 0. The normalized spacial score (nSPS) is 27.4. The largest absolute Gasteiger partial charge is 0.413 e. The molecule has 2 aliphatic heterocycles. The van der Waals surface area contributed by atoms with Crippen molar-refractivity contribution in [3.63, 3.8) is 0 Å². The molecule has 0 saturated carbocycles. The molecular weight excluding hydrogens is 520 g/mol. The molecule has 2 aromatic carbocycles. The fourth-order valence-electron chi connectivity index (χ4n) is 6.74. The Morgan fingerprint density at radius 2 is 1.27 bits per heavy atom. The molecule has 7 heteroatoms. The Kier molecular flexibility index (Phi) is 11.4. The van der Waals surface area contributed by atoms with Gasteiger partial charge in [-0.05, 0) is 34.2 Å². The van der Waals surface area contributed by atoms with Gasteiger partial charge in [0.05, 0.1) is 25.9 Å². The maximum Gasteiger partial charge on any atom is 0.200 e. The van der Waals surface area contributed by atoms with E-state index in [0.717, 1.165) is 17.5 Å². The van der Waals surface area contributed by atoms with Crippen molar-refractivity contribution in [3.05, 3.63) is 78.2 Å². The molecule has 2 saturated heterocycles. The molecule has 6 atom stereocenters. The zero-order valence-corrected chi connectivity index (χ0v) is 26.3. The van der Waals surface area contributed by atoms with E-state index in [2.05, 4.69) is 65.8 Å². The molecule has 0 spiro atoms. The van der Waals surface area contributed by atoms with Crippen LogP contribution in [0.4, 0.5) is 0 Å². The van der Waals surface area contributed by atoms with Crippen molar-refractivity contribution in [2.45, 2.75) is 115 Å². The van der Waals surface area contributed by atoms with Gasteiger partial charge in [0.2, 0.25) is 0 Å². The zero-order valence-electron chi connectivity index (χ0n) is 25.3. The van der Waals surface area contributed by atoms with Gasteiger partial charge in [-0.25, -0.2) is 0 Å². The van der Waals surface area contributed by atoms with Gasteiger partial charge in [-0.2, -0.15) is 0 Å². The minimum absolute atomic E-state index is 0.162. The highest BCUT2D eigenvalue weighted by atomic mass is 28.4. The summed E-state index contributed by atoms with van der Waals surface area (Å²) in [5.41, 5.74) is 3.65. The highest BCUT2D eigenvalue weighted by Gasteiger charge is 2.52. The molecular formula is C33H49O6Si. The zero-order chi connectivity index (χ0) is 28.7. The molecule has 1 radical (unpaired) electrons. The first-order valence-electron chi connectivity index (χ1n) is 14.9. The van der Waals surface area contributed by atoms with E-state index in [1.165, 1.54) is 0 Å². The van der Waals surface area contributed by atoms with Gasteiger partial charge in [-0.3, -0.25) is 0 Å². The summed E-state index contributed by atoms with van der Waals surface area (Å²) in [6.45, 7) is 15.3. The van der Waals surface area contributed by atoms with Crippen LogP contribution in [0.1, 0.15) is 59.1 Å². The average Bonchev–Trinajstić information content (AvgIpc) is 2.95. The Morgan fingerprint density at radius 3 is 1.77 bits per heavy atom. The second kappa shape index (κ2) is 14.5. The number of fused-ring (bicyclic) bond motifs is 1. The lowest BCUT2D eigenvalue weighted by Gasteiger charge is -2.50. The minimum Gasteiger partial charge on any atom is -0.413 e. The van der Waals surface area contributed by atoms with Crippen molar-refractivity contribution in [3.8, 4) is 0 Å². The molecule has 0 N–H and O–H groups in total. The van der Waals surface area contributed by atoms with Gasteiger partial charge in [0.1, 0.15) is 24.4 Å². The van der Waals surface area contributed by atoms with Crippen molar-refractivity contribution in [2.75, 3.05) is 13.7 Å². The van der Waals surface area contributed by atoms with Gasteiger partial charge in [0, 0.05) is 13.5 Å². The van der Waals surface area contributed by atoms with Gasteiger partial charge < -0.3 is 28.1 Å². The van der Waals surface area contributed by atoms with E-state index in [0.29, 0.717) is 36.4 Å². The SMILES string of the molecule is CO[C@H]1[CH]C[C@@H]2O[C@H](CO[Si](C(C)C)(C(C)C)C(C)C)[C@@H](OCc3ccccc3)[C@H](OCc3ccccc3)[C@H]2O1. The summed E-state index contributed by atoms with van der Waals surface area (Å²) >= 11 is 0. The standard InChI is InChI=1S/C33H49O6Si/c1-23(2)40(24(3)4,25(5)6)37-22-29-31(35-20-26-14-10-8-11-15-26)33(36-21-27-16-12-9-13-17-27)32-28(38-29)18-19-30(34-7)39-32/h8-17,19,23-25,28-33H,18,20-22H2,1-7H3/t28-,29+,30+,31+,32-,33-/m0/s1. The average molecular weight is 570 g/mol. The van der Waals surface area contributed by atoms with Crippen molar-refractivity contribution in [1.29, 1.82) is 0 Å². The predicted molar refractivity (Wildman–Crippen MR) is 160 cm³/mol. The van der Waals surface area contributed by atoms with E-state index in [-0.39, 0.29) is 30.5 Å². The van der Waals surface area contributed by atoms with Crippen LogP contribution in [0.3, 0.4) is 0 Å². The fourth-order valence-corrected chi connectivity index (χ4v) is 12.2. The smallest absolute Gasteiger partial charge is 0.200 e. The molecule has 0 unspecified atom stereocenters. The van der Waals surface area contributed by atoms with Crippen LogP contribution in [-0.4, -0.2) is 58.8 Å². The predicted octanol–water partition coefficient (Wildman–Crippen LogP) is 7.08. The number of rotatable bonds is 13. The van der Waals surface area contributed by atoms with Gasteiger partial charge >= 0.3 is 0 Å². The molecule has 4 rings (SSSR count). The second-order valence-electron chi connectivity index (χ2n) is 12.0. The van der Waals surface area contributed by atoms with E-state index in [1.807, 2.05) is 42.8 Å². The molecule has 6 nitrogen and oxygen atoms in total. The topological polar surface area (TPSA) is 55.4 Å². The van der Waals surface area contributed by atoms with Gasteiger partial charge in [0.15, 0.2) is 14.6 Å². The summed E-state index contributed by atoms with van der Waals surface area (Å²) in [5.74, 6) is 0. The quantitative estimate of drug-likeness (QED) is 0.240. The van der Waals surface area contributed by atoms with E-state index < -0.39 is 14.6 Å². The van der Waals surface area contributed by atoms with Crippen molar-refractivity contribution in [1.82, 2.24) is 0 Å². The van der Waals surface area contributed by atoms with Gasteiger partial charge in [-0.15, -0.1) is 0 Å². The Balaban J connectivity index is 1.63. The van der Waals surface area contributed by atoms with Gasteiger partial charge in [-0.1, -0.05) is 102 Å². The fraction of sp³-hybridized carbons (Fsp3) is 0.606. The summed E-state index contributed by atoms with van der Waals surface area (Å²) in [6.07, 6.45) is 0.854. The number of hydrogen-bond donors (Lipinski definition) is 0. The van der Waals surface area contributed by atoms with Crippen molar-refractivity contribution in [2.24, 2.45) is 0 Å². The third-order valence-electron chi connectivity index (χ3n) is 8.59. The van der Waals surface area contributed by atoms with E-state index >= 15 is 0 Å². The third kappa shape index (κ3) is 7.24. The maximum atomic E-state index is 7.07. The summed E-state index contributed by atoms with van der Waals surface area (Å²) in [7, 11) is -0.451. The Hall–Kier alpha value is -1.58. The van der Waals surface area contributed by atoms with Crippen molar-refractivity contribution >= 4 is 8.32 Å². The highest BCUT2D eigenvalue weighted by Crippen LogP contribution is 2.43. The van der Waals surface area contributed by atoms with Gasteiger partial charge in [0.25, 0.3) is 0 Å². The van der Waals surface area contributed by atoms with Crippen LogP contribution in [-0.2, 0) is 41.3 Å². The first kappa shape index (κ1) is 31.4. The Labute approximate surface area is 242 Å². The number of hydrogen-bond acceptors (Lipinski definition) is 6. The molecule has 0 bridgehead atoms. The first-order valence-corrected chi connectivity index (χ1v) is 17.0. The van der Waals surface area contributed by atoms with E-state index in [1.54, 1.807) is 7.11 Å². The minimum atomic E-state index is -2.12. The number of methoxy groups -OCH3 is 1. The van der Waals surface area contributed by atoms with Crippen LogP contribution >= 0.6 is 0 Å². The van der Waals surface area contributed by atoms with Crippen LogP contribution in [0.15, 0.2) is 60.7 Å². The highest BCUT2D eigenvalue weighted by molar-refractivity contribution is 6.77. The summed E-state index contributed by atoms with van der Waals surface area (Å²) in [6, 6.07) is 20.5. The molecule has 221 valence electrons. The third-order valence-corrected chi connectivity index (χ3v) is 14.7. The molecule has 0 aliphatic carbocycles. The number of benzene rings is 2. The Morgan fingerprint density at radius 1 is 0.750 bits per heavy atom. The van der Waals surface area contributed by atoms with Crippen LogP contribution in [0.2, 0.25) is 16.6 Å². The second-order valence-corrected chi connectivity index (χ2v) is 17.5. The number of ether oxygens (including phenoxy) is 5. The first-order chi connectivity index (χ1) is 19.3. The molecule has 0 amide bonds. The van der Waals surface area contributed by atoms with Crippen LogP contribution < -0.4 is 0 Å². The maximum absolute atomic E-state index is 7.07. The van der Waals surface area contributed by atoms with Crippen LogP contribution in [0.25, 0.3) is 0 Å². The van der Waals surface area contributed by atoms with Crippen LogP contribution in [0.5, 0.6) is 0 Å². The van der Waals surface area contributed by atoms with E-state index in [9.17, 15) is 0 Å². The lowest BCUT2D eigenvalue weighted by atomic mass is 9.90. The molecule has 2 heterocycles. The molecule has 2 aromatic rings. The Bertz CT molecular complexity index is 979. The molecule has 2 aliphatic rings. The molecule has 2 fully saturated rings. The van der Waals surface area contributed by atoms with Crippen molar-refractivity contribution < 1.29 is 28.1 Å². The lowest BCUT2D eigenvalue weighted by Crippen LogP contribution is -2.64. The van der Waals surface area contributed by atoms with Crippen LogP contribution in [0, 0.1) is 6.42 Å². The molecule has 40 heavy (non-hydrogen) atoms. The summed E-state index contributed by atoms with van der Waals surface area (Å²) < 4.78 is 39.2. The monoisotopic (exact) mass is 569 g/mol. The lowest BCUT2D eigenvalue weighted by molar-refractivity contribution is -0.303.